The normalized spacial score (nSPS) is 19.3. The summed E-state index contributed by atoms with van der Waals surface area (Å²) in [6, 6.07) is 0. The van der Waals surface area contributed by atoms with Crippen molar-refractivity contribution < 1.29 is 0 Å². The van der Waals surface area contributed by atoms with Gasteiger partial charge < -0.3 is 0 Å². The smallest absolute Gasteiger partial charge is 0.0163 e. The number of rotatable bonds is 17. The first-order chi connectivity index (χ1) is 16.2. The maximum atomic E-state index is 2.53. The van der Waals surface area contributed by atoms with Crippen molar-refractivity contribution in [2.45, 2.75) is 146 Å². The van der Waals surface area contributed by atoms with Crippen molar-refractivity contribution >= 4 is 0 Å². The Bertz CT molecular complexity index is 635. The summed E-state index contributed by atoms with van der Waals surface area (Å²) < 4.78 is 0. The SMILES string of the molecule is CC=CC(=C(C)C)C(C)C(C)C(CC)CC(CC)CC(CC)CCCC(CC)C(C)=C1CCC1. The van der Waals surface area contributed by atoms with Crippen LogP contribution >= 0.6 is 0 Å². The van der Waals surface area contributed by atoms with E-state index in [1.54, 1.807) is 16.7 Å². The lowest BCUT2D eigenvalue weighted by molar-refractivity contribution is 0.204. The first-order valence-corrected chi connectivity index (χ1v) is 15.2. The van der Waals surface area contributed by atoms with Crippen LogP contribution in [0.4, 0.5) is 0 Å². The van der Waals surface area contributed by atoms with E-state index in [9.17, 15) is 0 Å². The topological polar surface area (TPSA) is 0 Å². The van der Waals surface area contributed by atoms with Gasteiger partial charge in [-0.25, -0.2) is 0 Å². The van der Waals surface area contributed by atoms with Gasteiger partial charge in [-0.05, 0) is 114 Å². The molecule has 1 rings (SSSR count). The summed E-state index contributed by atoms with van der Waals surface area (Å²) in [6.07, 6.45) is 21.3. The van der Waals surface area contributed by atoms with Gasteiger partial charge in [-0.1, -0.05) is 103 Å². The molecule has 0 heterocycles. The fraction of sp³-hybridized carbons (Fsp3) is 0.824. The van der Waals surface area contributed by atoms with Gasteiger partial charge in [0.1, 0.15) is 0 Å². The van der Waals surface area contributed by atoms with Crippen molar-refractivity contribution in [3.8, 4) is 0 Å². The average Bonchev–Trinajstić information content (AvgIpc) is 2.79. The predicted octanol–water partition coefficient (Wildman–Crippen LogP) is 11.7. The summed E-state index contributed by atoms with van der Waals surface area (Å²) in [6.45, 7) is 23.9. The second kappa shape index (κ2) is 16.8. The van der Waals surface area contributed by atoms with Gasteiger partial charge in [0.05, 0.1) is 0 Å². The maximum absolute atomic E-state index is 2.53. The van der Waals surface area contributed by atoms with Crippen LogP contribution in [0, 0.1) is 35.5 Å². The minimum Gasteiger partial charge on any atom is -0.0874 e. The number of allylic oxidation sites excluding steroid dienone is 6. The molecule has 0 heteroatoms. The van der Waals surface area contributed by atoms with Crippen molar-refractivity contribution in [3.05, 3.63) is 34.4 Å². The average molecular weight is 471 g/mol. The van der Waals surface area contributed by atoms with Gasteiger partial charge in [-0.2, -0.15) is 0 Å². The predicted molar refractivity (Wildman–Crippen MR) is 156 cm³/mol. The highest BCUT2D eigenvalue weighted by Crippen LogP contribution is 2.38. The molecular formula is C34H62. The molecule has 0 aromatic heterocycles. The third-order valence-corrected chi connectivity index (χ3v) is 9.71. The van der Waals surface area contributed by atoms with Crippen molar-refractivity contribution in [1.29, 1.82) is 0 Å². The second-order valence-electron chi connectivity index (χ2n) is 12.0. The monoisotopic (exact) mass is 470 g/mol. The Morgan fingerprint density at radius 2 is 1.47 bits per heavy atom. The van der Waals surface area contributed by atoms with Crippen molar-refractivity contribution in [2.75, 3.05) is 0 Å². The van der Waals surface area contributed by atoms with Crippen LogP contribution in [-0.2, 0) is 0 Å². The molecule has 0 spiro atoms. The highest BCUT2D eigenvalue weighted by Gasteiger charge is 2.27. The van der Waals surface area contributed by atoms with E-state index in [4.69, 9.17) is 0 Å². The molecular weight excluding hydrogens is 408 g/mol. The maximum Gasteiger partial charge on any atom is -0.0163 e. The molecule has 0 saturated heterocycles. The molecule has 0 amide bonds. The third kappa shape index (κ3) is 9.70. The molecule has 34 heavy (non-hydrogen) atoms. The molecule has 0 aliphatic heterocycles. The molecule has 1 saturated carbocycles. The van der Waals surface area contributed by atoms with E-state index in [0.29, 0.717) is 5.92 Å². The van der Waals surface area contributed by atoms with Gasteiger partial charge in [-0.15, -0.1) is 0 Å². The highest BCUT2D eigenvalue weighted by atomic mass is 14.3. The Balaban J connectivity index is 2.68. The van der Waals surface area contributed by atoms with Crippen LogP contribution in [0.15, 0.2) is 34.4 Å². The zero-order valence-electron chi connectivity index (χ0n) is 25.1. The lowest BCUT2D eigenvalue weighted by Crippen LogP contribution is -2.23. The van der Waals surface area contributed by atoms with Gasteiger partial charge in [0.25, 0.3) is 0 Å². The summed E-state index contributed by atoms with van der Waals surface area (Å²) in [5, 5.41) is 0. The molecule has 6 unspecified atom stereocenters. The zero-order valence-corrected chi connectivity index (χ0v) is 25.1. The first kappa shape index (κ1) is 31.3. The van der Waals surface area contributed by atoms with E-state index < -0.39 is 0 Å². The van der Waals surface area contributed by atoms with Gasteiger partial charge in [0.2, 0.25) is 0 Å². The molecule has 1 aliphatic rings. The van der Waals surface area contributed by atoms with Crippen LogP contribution in [0.1, 0.15) is 146 Å². The Labute approximate surface area is 216 Å². The van der Waals surface area contributed by atoms with Crippen molar-refractivity contribution in [2.24, 2.45) is 35.5 Å². The fourth-order valence-corrected chi connectivity index (χ4v) is 6.63. The van der Waals surface area contributed by atoms with Gasteiger partial charge >= 0.3 is 0 Å². The Morgan fingerprint density at radius 1 is 0.824 bits per heavy atom. The van der Waals surface area contributed by atoms with E-state index in [1.165, 1.54) is 82.6 Å². The van der Waals surface area contributed by atoms with E-state index in [-0.39, 0.29) is 0 Å². The number of hydrogen-bond donors (Lipinski definition) is 0. The van der Waals surface area contributed by atoms with Gasteiger partial charge in [-0.3, -0.25) is 0 Å². The molecule has 0 bridgehead atoms. The van der Waals surface area contributed by atoms with Gasteiger partial charge in [0.15, 0.2) is 0 Å². The molecule has 0 aromatic carbocycles. The Morgan fingerprint density at radius 3 is 1.91 bits per heavy atom. The largest absolute Gasteiger partial charge is 0.0874 e. The molecule has 0 aromatic rings. The number of hydrogen-bond acceptors (Lipinski definition) is 0. The quantitative estimate of drug-likeness (QED) is 0.146. The lowest BCUT2D eigenvalue weighted by atomic mass is 9.72. The minimum atomic E-state index is 0.643. The molecule has 6 atom stereocenters. The minimum absolute atomic E-state index is 0.643. The summed E-state index contributed by atoms with van der Waals surface area (Å²) in [5.74, 6) is 4.88. The van der Waals surface area contributed by atoms with E-state index >= 15 is 0 Å². The van der Waals surface area contributed by atoms with Crippen LogP contribution in [0.2, 0.25) is 0 Å². The molecule has 0 N–H and O–H groups in total. The van der Waals surface area contributed by atoms with Crippen LogP contribution in [0.3, 0.4) is 0 Å². The summed E-state index contributed by atoms with van der Waals surface area (Å²) >= 11 is 0. The van der Waals surface area contributed by atoms with Crippen LogP contribution in [0.25, 0.3) is 0 Å². The van der Waals surface area contributed by atoms with Crippen molar-refractivity contribution in [3.63, 3.8) is 0 Å². The molecule has 0 nitrogen and oxygen atoms in total. The van der Waals surface area contributed by atoms with Crippen LogP contribution in [0.5, 0.6) is 0 Å². The molecule has 0 radical (unpaired) electrons. The van der Waals surface area contributed by atoms with E-state index in [1.807, 2.05) is 0 Å². The van der Waals surface area contributed by atoms with Gasteiger partial charge in [0, 0.05) is 0 Å². The Kier molecular flexibility index (Phi) is 15.5. The fourth-order valence-electron chi connectivity index (χ4n) is 6.63. The molecule has 1 fully saturated rings. The Hall–Kier alpha value is -0.780. The summed E-state index contributed by atoms with van der Waals surface area (Å²) in [4.78, 5) is 0. The molecule has 198 valence electrons. The third-order valence-electron chi connectivity index (χ3n) is 9.71. The lowest BCUT2D eigenvalue weighted by Gasteiger charge is -2.33. The van der Waals surface area contributed by atoms with Crippen molar-refractivity contribution in [1.82, 2.24) is 0 Å². The van der Waals surface area contributed by atoms with E-state index in [2.05, 4.69) is 81.4 Å². The second-order valence-corrected chi connectivity index (χ2v) is 12.0. The summed E-state index contributed by atoms with van der Waals surface area (Å²) in [5.41, 5.74) is 6.60. The standard InChI is InChI=1S/C34H62/c1-11-18-34(25(6)7)27(9)26(8)32(15-5)24-30(13-3)23-29(12-2)19-16-20-31(14-4)28(10)33-21-17-22-33/h11,18,26-27,29-32H,12-17,19-24H2,1-10H3. The zero-order chi connectivity index (χ0) is 25.7. The van der Waals surface area contributed by atoms with Crippen LogP contribution < -0.4 is 0 Å². The van der Waals surface area contributed by atoms with E-state index in [0.717, 1.165) is 29.6 Å². The highest BCUT2D eigenvalue weighted by molar-refractivity contribution is 5.26. The first-order valence-electron chi connectivity index (χ1n) is 15.2. The molecule has 1 aliphatic carbocycles. The van der Waals surface area contributed by atoms with Crippen LogP contribution in [-0.4, -0.2) is 0 Å². The summed E-state index contributed by atoms with van der Waals surface area (Å²) in [7, 11) is 0.